The van der Waals surface area contributed by atoms with Gasteiger partial charge < -0.3 is 0 Å². The van der Waals surface area contributed by atoms with Crippen molar-refractivity contribution < 1.29 is 4.79 Å². The first kappa shape index (κ1) is 11.1. The van der Waals surface area contributed by atoms with Gasteiger partial charge in [0.15, 0.2) is 5.78 Å². The molecule has 1 heterocycles. The average molecular weight is 238 g/mol. The fourth-order valence-corrected chi connectivity index (χ4v) is 2.63. The number of benzene rings is 1. The van der Waals surface area contributed by atoms with E-state index in [1.54, 1.807) is 12.4 Å². The molecule has 3 heteroatoms. The van der Waals surface area contributed by atoms with Gasteiger partial charge in [-0.15, -0.1) is 0 Å². The Labute approximate surface area is 106 Å². The SMILES string of the molecule is O=C(c1cncnc1)C1(c2ccccc2)CCC1. The number of carbonyl (C=O) groups is 1. The van der Waals surface area contributed by atoms with E-state index in [-0.39, 0.29) is 11.2 Å². The van der Waals surface area contributed by atoms with Gasteiger partial charge >= 0.3 is 0 Å². The normalized spacial score (nSPS) is 16.9. The van der Waals surface area contributed by atoms with E-state index in [1.807, 2.05) is 30.3 Å². The highest BCUT2D eigenvalue weighted by molar-refractivity contribution is 6.04. The largest absolute Gasteiger partial charge is 0.293 e. The highest BCUT2D eigenvalue weighted by atomic mass is 16.1. The van der Waals surface area contributed by atoms with Gasteiger partial charge in [-0.3, -0.25) is 4.79 Å². The molecule has 0 saturated heterocycles. The van der Waals surface area contributed by atoms with Crippen LogP contribution in [0, 0.1) is 0 Å². The minimum absolute atomic E-state index is 0.153. The lowest BCUT2D eigenvalue weighted by molar-refractivity contribution is 0.0788. The van der Waals surface area contributed by atoms with Crippen LogP contribution in [-0.4, -0.2) is 15.8 Å². The summed E-state index contributed by atoms with van der Waals surface area (Å²) in [6, 6.07) is 10.0. The molecule has 0 atom stereocenters. The molecule has 0 aliphatic heterocycles. The van der Waals surface area contributed by atoms with Crippen LogP contribution in [0.15, 0.2) is 49.1 Å². The first-order chi connectivity index (χ1) is 8.83. The number of hydrogen-bond donors (Lipinski definition) is 0. The van der Waals surface area contributed by atoms with E-state index < -0.39 is 0 Å². The molecule has 1 aromatic heterocycles. The van der Waals surface area contributed by atoms with Crippen molar-refractivity contribution in [2.75, 3.05) is 0 Å². The Balaban J connectivity index is 2.01. The number of nitrogens with zero attached hydrogens (tertiary/aromatic N) is 2. The summed E-state index contributed by atoms with van der Waals surface area (Å²) in [4.78, 5) is 20.5. The molecule has 0 amide bonds. The zero-order valence-electron chi connectivity index (χ0n) is 10.0. The van der Waals surface area contributed by atoms with Crippen molar-refractivity contribution in [1.82, 2.24) is 9.97 Å². The maximum atomic E-state index is 12.7. The second kappa shape index (κ2) is 4.33. The van der Waals surface area contributed by atoms with E-state index in [9.17, 15) is 4.79 Å². The molecule has 2 aromatic rings. The van der Waals surface area contributed by atoms with Gasteiger partial charge in [-0.25, -0.2) is 9.97 Å². The second-order valence-corrected chi connectivity index (χ2v) is 4.76. The van der Waals surface area contributed by atoms with Crippen LogP contribution < -0.4 is 0 Å². The summed E-state index contributed by atoms with van der Waals surface area (Å²) in [6.07, 6.45) is 7.62. The molecule has 0 N–H and O–H groups in total. The van der Waals surface area contributed by atoms with Crippen molar-refractivity contribution in [1.29, 1.82) is 0 Å². The molecule has 90 valence electrons. The van der Waals surface area contributed by atoms with Crippen LogP contribution in [0.4, 0.5) is 0 Å². The third kappa shape index (κ3) is 1.63. The van der Waals surface area contributed by atoms with E-state index >= 15 is 0 Å². The van der Waals surface area contributed by atoms with Crippen LogP contribution in [0.25, 0.3) is 0 Å². The summed E-state index contributed by atoms with van der Waals surface area (Å²) in [5.74, 6) is 0.153. The fourth-order valence-electron chi connectivity index (χ4n) is 2.63. The molecular formula is C15H14N2O. The maximum Gasteiger partial charge on any atom is 0.176 e. The molecular weight excluding hydrogens is 224 g/mol. The first-order valence-corrected chi connectivity index (χ1v) is 6.18. The quantitative estimate of drug-likeness (QED) is 0.772. The highest BCUT2D eigenvalue weighted by Gasteiger charge is 2.45. The Morgan fingerprint density at radius 3 is 2.28 bits per heavy atom. The van der Waals surface area contributed by atoms with E-state index in [0.717, 1.165) is 24.8 Å². The van der Waals surface area contributed by atoms with Crippen molar-refractivity contribution in [3.05, 3.63) is 60.2 Å². The van der Waals surface area contributed by atoms with E-state index in [4.69, 9.17) is 0 Å². The molecule has 1 aliphatic carbocycles. The van der Waals surface area contributed by atoms with Crippen LogP contribution in [0.2, 0.25) is 0 Å². The maximum absolute atomic E-state index is 12.7. The Hall–Kier alpha value is -2.03. The predicted octanol–water partition coefficient (Wildman–Crippen LogP) is 2.78. The standard InChI is InChI=1S/C15H14N2O/c18-14(12-9-16-11-17-10-12)15(7-4-8-15)13-5-2-1-3-6-13/h1-3,5-6,9-11H,4,7-8H2. The van der Waals surface area contributed by atoms with Crippen LogP contribution in [0.1, 0.15) is 35.2 Å². The van der Waals surface area contributed by atoms with Crippen molar-refractivity contribution in [2.24, 2.45) is 0 Å². The summed E-state index contributed by atoms with van der Waals surface area (Å²) in [5.41, 5.74) is 1.39. The number of hydrogen-bond acceptors (Lipinski definition) is 3. The van der Waals surface area contributed by atoms with Crippen LogP contribution in [0.3, 0.4) is 0 Å². The van der Waals surface area contributed by atoms with Gasteiger partial charge in [-0.05, 0) is 18.4 Å². The zero-order valence-corrected chi connectivity index (χ0v) is 10.0. The summed E-state index contributed by atoms with van der Waals surface area (Å²) in [7, 11) is 0. The van der Waals surface area contributed by atoms with Gasteiger partial charge in [0, 0.05) is 12.4 Å². The van der Waals surface area contributed by atoms with Gasteiger partial charge in [-0.2, -0.15) is 0 Å². The van der Waals surface area contributed by atoms with Crippen molar-refractivity contribution in [3.8, 4) is 0 Å². The molecule has 1 fully saturated rings. The summed E-state index contributed by atoms with van der Waals surface area (Å²) < 4.78 is 0. The third-order valence-electron chi connectivity index (χ3n) is 3.79. The lowest BCUT2D eigenvalue weighted by Gasteiger charge is -2.40. The summed E-state index contributed by atoms with van der Waals surface area (Å²) >= 11 is 0. The number of carbonyl (C=O) groups excluding carboxylic acids is 1. The third-order valence-corrected chi connectivity index (χ3v) is 3.79. The number of rotatable bonds is 3. The molecule has 1 aliphatic rings. The highest BCUT2D eigenvalue weighted by Crippen LogP contribution is 2.45. The van der Waals surface area contributed by atoms with Gasteiger partial charge in [0.25, 0.3) is 0 Å². The Morgan fingerprint density at radius 2 is 1.72 bits per heavy atom. The van der Waals surface area contributed by atoms with Gasteiger partial charge in [0.1, 0.15) is 6.33 Å². The molecule has 1 saturated carbocycles. The topological polar surface area (TPSA) is 42.9 Å². The van der Waals surface area contributed by atoms with Crippen molar-refractivity contribution >= 4 is 5.78 Å². The predicted molar refractivity (Wildman–Crippen MR) is 68.3 cm³/mol. The van der Waals surface area contributed by atoms with Crippen molar-refractivity contribution in [3.63, 3.8) is 0 Å². The minimum Gasteiger partial charge on any atom is -0.293 e. The van der Waals surface area contributed by atoms with Gasteiger partial charge in [0.05, 0.1) is 11.0 Å². The molecule has 3 nitrogen and oxygen atoms in total. The van der Waals surface area contributed by atoms with Crippen molar-refractivity contribution in [2.45, 2.75) is 24.7 Å². The molecule has 0 bridgehead atoms. The Bertz CT molecular complexity index is 547. The van der Waals surface area contributed by atoms with E-state index in [0.29, 0.717) is 5.56 Å². The number of aromatic nitrogens is 2. The average Bonchev–Trinajstić information content (AvgIpc) is 2.40. The van der Waals surface area contributed by atoms with E-state index in [1.165, 1.54) is 6.33 Å². The minimum atomic E-state index is -0.341. The smallest absolute Gasteiger partial charge is 0.176 e. The van der Waals surface area contributed by atoms with Crippen LogP contribution in [-0.2, 0) is 5.41 Å². The molecule has 3 rings (SSSR count). The van der Waals surface area contributed by atoms with Crippen LogP contribution in [0.5, 0.6) is 0 Å². The van der Waals surface area contributed by atoms with Crippen LogP contribution >= 0.6 is 0 Å². The van der Waals surface area contributed by atoms with E-state index in [2.05, 4.69) is 9.97 Å². The monoisotopic (exact) mass is 238 g/mol. The second-order valence-electron chi connectivity index (χ2n) is 4.76. The molecule has 0 radical (unpaired) electrons. The lowest BCUT2D eigenvalue weighted by atomic mass is 9.61. The van der Waals surface area contributed by atoms with Gasteiger partial charge in [0.2, 0.25) is 0 Å². The Morgan fingerprint density at radius 1 is 1.06 bits per heavy atom. The molecule has 1 aromatic carbocycles. The summed E-state index contributed by atoms with van der Waals surface area (Å²) in [6.45, 7) is 0. The molecule has 0 unspecified atom stereocenters. The Kier molecular flexibility index (Phi) is 2.67. The zero-order chi connectivity index (χ0) is 12.4. The molecule has 0 spiro atoms. The number of Topliss-reactive ketones (excluding diaryl/α,β-unsaturated/α-hetero) is 1. The first-order valence-electron chi connectivity index (χ1n) is 6.18. The molecule has 18 heavy (non-hydrogen) atoms. The lowest BCUT2D eigenvalue weighted by Crippen LogP contribution is -2.42. The fraction of sp³-hybridized carbons (Fsp3) is 0.267. The number of ketones is 1. The van der Waals surface area contributed by atoms with Gasteiger partial charge in [-0.1, -0.05) is 36.8 Å². The summed E-state index contributed by atoms with van der Waals surface area (Å²) in [5, 5.41) is 0.